The van der Waals surface area contributed by atoms with Crippen LogP contribution in [0.1, 0.15) is 68.9 Å². The lowest BCUT2D eigenvalue weighted by Crippen LogP contribution is -2.11. The Morgan fingerprint density at radius 2 is 1.44 bits per heavy atom. The minimum absolute atomic E-state index is 0.0821. The molecule has 2 aromatic carbocycles. The van der Waals surface area contributed by atoms with E-state index in [2.05, 4.69) is 65.1 Å². The fourth-order valence-corrected chi connectivity index (χ4v) is 2.77. The minimum Gasteiger partial charge on any atom is -0.322 e. The van der Waals surface area contributed by atoms with Crippen LogP contribution in [0.15, 0.2) is 54.6 Å². The van der Waals surface area contributed by atoms with Crippen LogP contribution in [-0.4, -0.2) is 5.91 Å². The van der Waals surface area contributed by atoms with Gasteiger partial charge in [0.15, 0.2) is 0 Å². The van der Waals surface area contributed by atoms with E-state index in [1.165, 1.54) is 11.1 Å². The highest BCUT2D eigenvalue weighted by Gasteiger charge is 2.09. The van der Waals surface area contributed by atoms with E-state index >= 15 is 0 Å². The van der Waals surface area contributed by atoms with Gasteiger partial charge in [-0.15, -0.1) is 0 Å². The second-order valence-electron chi connectivity index (χ2n) is 8.00. The molecule has 0 aliphatic rings. The van der Waals surface area contributed by atoms with Crippen molar-refractivity contribution in [2.24, 2.45) is 5.41 Å². The number of hydrogen-bond donors (Lipinski definition) is 1. The Bertz CT molecular complexity index is 744. The maximum Gasteiger partial charge on any atom is 0.255 e. The van der Waals surface area contributed by atoms with Gasteiger partial charge in [-0.1, -0.05) is 65.0 Å². The second-order valence-corrected chi connectivity index (χ2v) is 8.00. The van der Waals surface area contributed by atoms with Crippen molar-refractivity contribution < 1.29 is 4.79 Å². The highest BCUT2D eigenvalue weighted by Crippen LogP contribution is 2.24. The normalized spacial score (nSPS) is 12.4. The minimum atomic E-state index is -0.0821. The lowest BCUT2D eigenvalue weighted by Gasteiger charge is -2.14. The van der Waals surface area contributed by atoms with E-state index in [1.54, 1.807) is 0 Å². The first-order chi connectivity index (χ1) is 11.7. The quantitative estimate of drug-likeness (QED) is 0.678. The summed E-state index contributed by atoms with van der Waals surface area (Å²) in [4.78, 5) is 12.4. The second kappa shape index (κ2) is 7.69. The molecule has 2 rings (SSSR count). The van der Waals surface area contributed by atoms with Crippen molar-refractivity contribution in [1.82, 2.24) is 0 Å². The molecular weight excluding hydrogens is 306 g/mol. The van der Waals surface area contributed by atoms with Gasteiger partial charge in [0.25, 0.3) is 5.91 Å². The first-order valence-corrected chi connectivity index (χ1v) is 8.87. The van der Waals surface area contributed by atoms with Crippen LogP contribution in [0.2, 0.25) is 0 Å². The van der Waals surface area contributed by atoms with Gasteiger partial charge >= 0.3 is 0 Å². The molecule has 2 heteroatoms. The van der Waals surface area contributed by atoms with Crippen molar-refractivity contribution in [1.29, 1.82) is 0 Å². The van der Waals surface area contributed by atoms with E-state index in [0.29, 0.717) is 11.5 Å². The Morgan fingerprint density at radius 1 is 0.920 bits per heavy atom. The number of amides is 1. The van der Waals surface area contributed by atoms with E-state index in [0.717, 1.165) is 11.3 Å². The number of allylic oxidation sites excluding steroid dienone is 2. The first kappa shape index (κ1) is 19.0. The fraction of sp³-hybridized carbons (Fsp3) is 0.348. The molecule has 1 amide bonds. The Hall–Kier alpha value is -2.35. The molecule has 0 spiro atoms. The van der Waals surface area contributed by atoms with Crippen molar-refractivity contribution in [3.63, 3.8) is 0 Å². The molecule has 0 saturated carbocycles. The molecule has 0 bridgehead atoms. The molecule has 0 saturated heterocycles. The largest absolute Gasteiger partial charge is 0.322 e. The number of hydrogen-bond acceptors (Lipinski definition) is 1. The first-order valence-electron chi connectivity index (χ1n) is 8.87. The highest BCUT2D eigenvalue weighted by molar-refractivity contribution is 6.04. The van der Waals surface area contributed by atoms with Crippen LogP contribution < -0.4 is 5.32 Å². The lowest BCUT2D eigenvalue weighted by molar-refractivity contribution is 0.102. The summed E-state index contributed by atoms with van der Waals surface area (Å²) in [5.41, 5.74) is 5.27. The molecule has 0 atom stereocenters. The van der Waals surface area contributed by atoms with Crippen LogP contribution in [0.4, 0.5) is 5.69 Å². The Kier molecular flexibility index (Phi) is 5.84. The number of benzene rings is 2. The molecule has 0 heterocycles. The summed E-state index contributed by atoms with van der Waals surface area (Å²) in [6.07, 6.45) is 2.25. The van der Waals surface area contributed by atoms with E-state index in [-0.39, 0.29) is 11.3 Å². The van der Waals surface area contributed by atoms with Gasteiger partial charge in [-0.05, 0) is 59.2 Å². The van der Waals surface area contributed by atoms with Gasteiger partial charge < -0.3 is 5.32 Å². The van der Waals surface area contributed by atoms with Crippen LogP contribution in [0.3, 0.4) is 0 Å². The maximum atomic E-state index is 12.4. The predicted octanol–water partition coefficient (Wildman–Crippen LogP) is 6.51. The van der Waals surface area contributed by atoms with Crippen molar-refractivity contribution >= 4 is 17.2 Å². The molecule has 0 unspecified atom stereocenters. The SMILES string of the molecule is C/C(=C\C(C)(C)C)c1ccc(C(=O)Nc2ccc(C(C)C)cc2)cc1. The third kappa shape index (κ3) is 5.60. The standard InChI is InChI=1S/C23H29NO/c1-16(2)18-11-13-21(14-12-18)24-22(25)20-9-7-19(8-10-20)17(3)15-23(4,5)6/h7-16H,1-6H3,(H,24,25)/b17-15+. The number of carbonyl (C=O) groups excluding carboxylic acids is 1. The summed E-state index contributed by atoms with van der Waals surface area (Å²) in [6.45, 7) is 13.0. The van der Waals surface area contributed by atoms with E-state index in [4.69, 9.17) is 0 Å². The third-order valence-corrected chi connectivity index (χ3v) is 4.09. The summed E-state index contributed by atoms with van der Waals surface area (Å²) in [5.74, 6) is 0.406. The van der Waals surface area contributed by atoms with Crippen LogP contribution >= 0.6 is 0 Å². The zero-order valence-corrected chi connectivity index (χ0v) is 16.2. The Balaban J connectivity index is 2.09. The van der Waals surface area contributed by atoms with Crippen LogP contribution in [0.5, 0.6) is 0 Å². The van der Waals surface area contributed by atoms with Crippen molar-refractivity contribution in [2.75, 3.05) is 5.32 Å². The number of rotatable bonds is 4. The fourth-order valence-electron chi connectivity index (χ4n) is 2.77. The molecular formula is C23H29NO. The molecule has 132 valence electrons. The average molecular weight is 335 g/mol. The summed E-state index contributed by atoms with van der Waals surface area (Å²) >= 11 is 0. The third-order valence-electron chi connectivity index (χ3n) is 4.09. The smallest absolute Gasteiger partial charge is 0.255 e. The summed E-state index contributed by atoms with van der Waals surface area (Å²) in [6, 6.07) is 15.8. The average Bonchev–Trinajstić information content (AvgIpc) is 2.54. The molecule has 1 N–H and O–H groups in total. The maximum absolute atomic E-state index is 12.4. The van der Waals surface area contributed by atoms with E-state index < -0.39 is 0 Å². The topological polar surface area (TPSA) is 29.1 Å². The molecule has 25 heavy (non-hydrogen) atoms. The van der Waals surface area contributed by atoms with Gasteiger partial charge in [0, 0.05) is 11.3 Å². The summed E-state index contributed by atoms with van der Waals surface area (Å²) < 4.78 is 0. The summed E-state index contributed by atoms with van der Waals surface area (Å²) in [7, 11) is 0. The molecule has 0 aromatic heterocycles. The zero-order valence-electron chi connectivity index (χ0n) is 16.2. The predicted molar refractivity (Wildman–Crippen MR) is 108 cm³/mol. The van der Waals surface area contributed by atoms with Crippen molar-refractivity contribution in [3.8, 4) is 0 Å². The number of carbonyl (C=O) groups is 1. The number of anilines is 1. The van der Waals surface area contributed by atoms with Gasteiger partial charge in [-0.2, -0.15) is 0 Å². The van der Waals surface area contributed by atoms with Crippen molar-refractivity contribution in [2.45, 2.75) is 47.5 Å². The van der Waals surface area contributed by atoms with Gasteiger partial charge in [0.2, 0.25) is 0 Å². The molecule has 0 fully saturated rings. The Labute approximate surface area is 152 Å². The van der Waals surface area contributed by atoms with Crippen molar-refractivity contribution in [3.05, 3.63) is 71.3 Å². The lowest BCUT2D eigenvalue weighted by atomic mass is 9.91. The molecule has 0 radical (unpaired) electrons. The molecule has 0 aliphatic heterocycles. The van der Waals surface area contributed by atoms with Gasteiger partial charge in [0.05, 0.1) is 0 Å². The zero-order chi connectivity index (χ0) is 18.6. The molecule has 2 aromatic rings. The monoisotopic (exact) mass is 335 g/mol. The van der Waals surface area contributed by atoms with Crippen LogP contribution in [0, 0.1) is 5.41 Å². The van der Waals surface area contributed by atoms with E-state index in [1.807, 2.05) is 36.4 Å². The van der Waals surface area contributed by atoms with Crippen LogP contribution in [0.25, 0.3) is 5.57 Å². The van der Waals surface area contributed by atoms with Gasteiger partial charge in [-0.3, -0.25) is 4.79 Å². The van der Waals surface area contributed by atoms with Gasteiger partial charge in [0.1, 0.15) is 0 Å². The highest BCUT2D eigenvalue weighted by atomic mass is 16.1. The Morgan fingerprint density at radius 3 is 1.92 bits per heavy atom. The van der Waals surface area contributed by atoms with Crippen LogP contribution in [-0.2, 0) is 0 Å². The van der Waals surface area contributed by atoms with E-state index in [9.17, 15) is 4.79 Å². The molecule has 2 nitrogen and oxygen atoms in total. The van der Waals surface area contributed by atoms with Gasteiger partial charge in [-0.25, -0.2) is 0 Å². The molecule has 0 aliphatic carbocycles. The number of nitrogens with one attached hydrogen (secondary N) is 1. The summed E-state index contributed by atoms with van der Waals surface area (Å²) in [5, 5.41) is 2.96.